The highest BCUT2D eigenvalue weighted by Gasteiger charge is 2.41. The van der Waals surface area contributed by atoms with Crippen molar-refractivity contribution in [2.24, 2.45) is 0 Å². The van der Waals surface area contributed by atoms with Gasteiger partial charge >= 0.3 is 0 Å². The Bertz CT molecular complexity index is 2670. The molecule has 66 heavy (non-hydrogen) atoms. The van der Waals surface area contributed by atoms with Crippen molar-refractivity contribution in [2.75, 3.05) is 68.0 Å². The van der Waals surface area contributed by atoms with E-state index in [0.717, 1.165) is 93.5 Å². The molecule has 4 N–H and O–H groups in total. The fraction of sp³-hybridized carbons (Fsp3) is 0.408. The number of aromatic nitrogens is 2. The largest absolute Gasteiger partial charge is 0.381 e. The number of hydrogen-bond acceptors (Lipinski definition) is 10. The first-order chi connectivity index (χ1) is 32.0. The minimum Gasteiger partial charge on any atom is -0.381 e. The van der Waals surface area contributed by atoms with E-state index in [2.05, 4.69) is 46.9 Å². The molecule has 4 fully saturated rings. The summed E-state index contributed by atoms with van der Waals surface area (Å²) in [5, 5.41) is 17.0. The number of nitrogens with one attached hydrogen (secondary N) is 4. The fourth-order valence-electron chi connectivity index (χ4n) is 10.4. The molecule has 0 radical (unpaired) electrons. The molecule has 4 amide bonds. The number of benzene rings is 4. The number of fused-ring (bicyclic) bond motifs is 2. The quantitative estimate of drug-likeness (QED) is 0.117. The smallest absolute Gasteiger partial charge is 0.258 e. The van der Waals surface area contributed by atoms with Gasteiger partial charge in [-0.2, -0.15) is 5.10 Å². The summed E-state index contributed by atoms with van der Waals surface area (Å²) in [6.45, 7) is 7.17. The van der Waals surface area contributed by atoms with Gasteiger partial charge in [-0.25, -0.2) is 13.2 Å². The zero-order valence-corrected chi connectivity index (χ0v) is 36.5. The molecule has 5 aromatic rings. The zero-order valence-electron chi connectivity index (χ0n) is 36.5. The molecule has 5 aliphatic rings. The van der Waals surface area contributed by atoms with Crippen LogP contribution in [0.15, 0.2) is 66.7 Å². The Balaban J connectivity index is 0.759. The van der Waals surface area contributed by atoms with Crippen molar-refractivity contribution in [2.45, 2.75) is 76.2 Å². The van der Waals surface area contributed by atoms with Crippen molar-refractivity contribution < 1.29 is 37.1 Å². The maximum atomic E-state index is 15.4. The van der Waals surface area contributed by atoms with Crippen LogP contribution in [-0.4, -0.2) is 119 Å². The topological polar surface area (TPSA) is 155 Å². The Labute approximate surface area is 379 Å². The number of amides is 4. The van der Waals surface area contributed by atoms with E-state index in [1.807, 2.05) is 36.4 Å². The number of ether oxygens (including phenoxy) is 1. The SMILES string of the molecule is O=C1CCC(N2Cc3cc(CN4CCC(N5CCN(c6ccc(C(=O)Nc7n[nH]c8ccc(Cc9cc(F)cc(F)c9)cc78)c(NC7CCOCC7)c6)CC5)CC4)cc(F)c3C2=O)C(=O)N1. The summed E-state index contributed by atoms with van der Waals surface area (Å²) < 4.78 is 48.9. The van der Waals surface area contributed by atoms with Crippen molar-refractivity contribution in [3.63, 3.8) is 0 Å². The van der Waals surface area contributed by atoms with E-state index >= 15 is 4.39 Å². The van der Waals surface area contributed by atoms with Gasteiger partial charge in [-0.1, -0.05) is 12.1 Å². The van der Waals surface area contributed by atoms with Crippen LogP contribution in [-0.2, 0) is 33.8 Å². The van der Waals surface area contributed by atoms with Crippen LogP contribution in [0.5, 0.6) is 0 Å². The first kappa shape index (κ1) is 43.6. The lowest BCUT2D eigenvalue weighted by Gasteiger charge is -2.43. The van der Waals surface area contributed by atoms with E-state index in [0.29, 0.717) is 65.6 Å². The average Bonchev–Trinajstić information content (AvgIpc) is 3.86. The van der Waals surface area contributed by atoms with Gasteiger partial charge in [0.2, 0.25) is 11.8 Å². The second-order valence-corrected chi connectivity index (χ2v) is 18.2. The van der Waals surface area contributed by atoms with Gasteiger partial charge in [0.05, 0.1) is 16.6 Å². The predicted octanol–water partition coefficient (Wildman–Crippen LogP) is 5.96. The molecule has 344 valence electrons. The number of anilines is 3. The van der Waals surface area contributed by atoms with Crippen LogP contribution in [0.3, 0.4) is 0 Å². The van der Waals surface area contributed by atoms with E-state index in [9.17, 15) is 28.0 Å². The minimum atomic E-state index is -0.785. The van der Waals surface area contributed by atoms with Gasteiger partial charge < -0.3 is 25.2 Å². The molecule has 6 heterocycles. The molecule has 17 heteroatoms. The van der Waals surface area contributed by atoms with Crippen LogP contribution in [0.1, 0.15) is 81.5 Å². The molecule has 5 aliphatic heterocycles. The summed E-state index contributed by atoms with van der Waals surface area (Å²) in [7, 11) is 0. The molecule has 0 aliphatic carbocycles. The van der Waals surface area contributed by atoms with Gasteiger partial charge in [0.25, 0.3) is 11.8 Å². The third-order valence-corrected chi connectivity index (χ3v) is 13.8. The number of aromatic amines is 1. The third-order valence-electron chi connectivity index (χ3n) is 13.8. The van der Waals surface area contributed by atoms with Crippen LogP contribution in [0.2, 0.25) is 0 Å². The number of piperidine rings is 2. The summed E-state index contributed by atoms with van der Waals surface area (Å²) in [6, 6.07) is 18.1. The van der Waals surface area contributed by atoms with E-state index in [4.69, 9.17) is 4.74 Å². The number of piperazine rings is 1. The molecular formula is C49H52F3N9O5. The summed E-state index contributed by atoms with van der Waals surface area (Å²) in [5.74, 6) is -3.17. The Kier molecular flexibility index (Phi) is 12.2. The van der Waals surface area contributed by atoms with Gasteiger partial charge in [-0.05, 0) is 122 Å². The fourth-order valence-corrected chi connectivity index (χ4v) is 10.4. The molecule has 14 nitrogen and oxygen atoms in total. The maximum Gasteiger partial charge on any atom is 0.258 e. The van der Waals surface area contributed by atoms with Gasteiger partial charge in [0.1, 0.15) is 23.5 Å². The molecule has 0 saturated carbocycles. The number of imide groups is 1. The highest BCUT2D eigenvalue weighted by molar-refractivity contribution is 6.11. The number of carbonyl (C=O) groups excluding carboxylic acids is 4. The van der Waals surface area contributed by atoms with Gasteiger partial charge in [-0.15, -0.1) is 0 Å². The van der Waals surface area contributed by atoms with E-state index in [1.165, 1.54) is 23.1 Å². The summed E-state index contributed by atoms with van der Waals surface area (Å²) >= 11 is 0. The molecule has 10 rings (SSSR count). The summed E-state index contributed by atoms with van der Waals surface area (Å²) in [6.07, 6.45) is 4.29. The maximum absolute atomic E-state index is 15.4. The number of halogens is 3. The van der Waals surface area contributed by atoms with E-state index < -0.39 is 35.3 Å². The number of nitrogens with zero attached hydrogens (tertiary/aromatic N) is 5. The lowest BCUT2D eigenvalue weighted by molar-refractivity contribution is -0.136. The number of hydrogen-bond donors (Lipinski definition) is 4. The molecule has 1 aromatic heterocycles. The average molecular weight is 904 g/mol. The molecule has 1 unspecified atom stereocenters. The van der Waals surface area contributed by atoms with Crippen LogP contribution in [0.25, 0.3) is 10.9 Å². The lowest BCUT2D eigenvalue weighted by Crippen LogP contribution is -2.53. The summed E-state index contributed by atoms with van der Waals surface area (Å²) in [4.78, 5) is 60.0. The zero-order chi connectivity index (χ0) is 45.5. The van der Waals surface area contributed by atoms with Crippen LogP contribution >= 0.6 is 0 Å². The number of rotatable bonds is 11. The van der Waals surface area contributed by atoms with Gasteiger partial charge in [0, 0.05) is 93.8 Å². The number of carbonyl (C=O) groups is 4. The highest BCUT2D eigenvalue weighted by atomic mass is 19.1. The van der Waals surface area contributed by atoms with E-state index in [-0.39, 0.29) is 42.8 Å². The van der Waals surface area contributed by atoms with E-state index in [1.54, 1.807) is 0 Å². The monoisotopic (exact) mass is 903 g/mol. The predicted molar refractivity (Wildman–Crippen MR) is 242 cm³/mol. The van der Waals surface area contributed by atoms with Crippen molar-refractivity contribution >= 4 is 51.7 Å². The Hall–Kier alpha value is -6.30. The molecule has 4 saturated heterocycles. The highest BCUT2D eigenvalue weighted by Crippen LogP contribution is 2.33. The Morgan fingerprint density at radius 2 is 1.58 bits per heavy atom. The van der Waals surface area contributed by atoms with Gasteiger partial charge in [0.15, 0.2) is 5.82 Å². The van der Waals surface area contributed by atoms with Crippen LogP contribution in [0, 0.1) is 17.5 Å². The second kappa shape index (κ2) is 18.5. The molecule has 1 atom stereocenters. The molecule has 0 spiro atoms. The first-order valence-electron chi connectivity index (χ1n) is 22.9. The van der Waals surface area contributed by atoms with Crippen molar-refractivity contribution in [3.05, 3.63) is 118 Å². The Morgan fingerprint density at radius 1 is 0.803 bits per heavy atom. The van der Waals surface area contributed by atoms with Crippen LogP contribution in [0.4, 0.5) is 30.4 Å². The Morgan fingerprint density at radius 3 is 2.33 bits per heavy atom. The third kappa shape index (κ3) is 9.24. The first-order valence-corrected chi connectivity index (χ1v) is 22.9. The van der Waals surface area contributed by atoms with Crippen LogP contribution < -0.4 is 20.9 Å². The number of likely N-dealkylation sites (tertiary alicyclic amines) is 1. The van der Waals surface area contributed by atoms with Crippen molar-refractivity contribution in [1.82, 2.24) is 30.2 Å². The number of H-pyrrole nitrogens is 1. The second-order valence-electron chi connectivity index (χ2n) is 18.2. The van der Waals surface area contributed by atoms with Crippen molar-refractivity contribution in [3.8, 4) is 0 Å². The van der Waals surface area contributed by atoms with Crippen molar-refractivity contribution in [1.29, 1.82) is 0 Å². The molecule has 0 bridgehead atoms. The lowest BCUT2D eigenvalue weighted by atomic mass is 10.00. The normalized spacial score (nSPS) is 20.2. The molecular weight excluding hydrogens is 852 g/mol. The minimum absolute atomic E-state index is 0.0191. The molecule has 4 aromatic carbocycles. The summed E-state index contributed by atoms with van der Waals surface area (Å²) in [5.41, 5.74) is 5.69. The van der Waals surface area contributed by atoms with Gasteiger partial charge in [-0.3, -0.25) is 39.4 Å². The standard InChI is InChI=1S/C49H52F3N9O5/c50-33-21-30(22-34(51)25-33)19-29-1-4-41-39(23-29)46(57-56-41)55-47(63)38-3-2-37(26-42(38)53-35-9-17-66-18-10-35)60-15-13-59(14-16-60)36-7-11-58(12-8-36)27-31-20-32-28-61(49(65)45(32)40(52)24-31)43-5-6-44(62)54-48(43)64/h1-4,20-26,35-36,43,53H,5-19,27-28H2,(H,54,62,64)(H2,55,56,57,63).